The van der Waals surface area contributed by atoms with Gasteiger partial charge in [-0.2, -0.15) is 0 Å². The van der Waals surface area contributed by atoms with Crippen molar-refractivity contribution in [2.24, 2.45) is 0 Å². The summed E-state index contributed by atoms with van der Waals surface area (Å²) in [6.45, 7) is 0. The van der Waals surface area contributed by atoms with Crippen molar-refractivity contribution in [3.05, 3.63) is 0 Å². The molecule has 1 N–H and O–H groups in total. The minimum absolute atomic E-state index is 0.857. The number of halogens is 4. The van der Waals surface area contributed by atoms with Gasteiger partial charge in [0, 0.05) is 11.8 Å². The fourth-order valence-corrected chi connectivity index (χ4v) is 0.482. The molecule has 0 aliphatic rings. The van der Waals surface area contributed by atoms with Crippen molar-refractivity contribution in [1.29, 1.82) is 0 Å². The molecule has 48 valence electrons. The van der Waals surface area contributed by atoms with Crippen LogP contribution in [0.15, 0.2) is 0 Å². The Hall–Kier alpha value is 0.630. The number of alkyl halides is 3. The molecule has 0 bridgehead atoms. The van der Waals surface area contributed by atoms with E-state index in [4.69, 9.17) is 46.6 Å². The highest BCUT2D eigenvalue weighted by molar-refractivity contribution is 6.76. The van der Waals surface area contributed by atoms with Gasteiger partial charge in [-0.3, -0.25) is 9.63 Å². The van der Waals surface area contributed by atoms with E-state index in [0.29, 0.717) is 0 Å². The van der Waals surface area contributed by atoms with Crippen molar-refractivity contribution in [3.63, 3.8) is 0 Å². The fourth-order valence-electron chi connectivity index (χ4n) is 0.0536. The molecule has 0 aromatic carbocycles. The number of hydrogen-bond acceptors (Lipinski definition) is 1. The summed E-state index contributed by atoms with van der Waals surface area (Å²) in [6.07, 6.45) is 0. The monoisotopic (exact) mass is 195 g/mol. The van der Waals surface area contributed by atoms with E-state index >= 15 is 0 Å². The number of amides is 1. The molecule has 0 saturated heterocycles. The number of carbonyl (C=O) groups excluding carboxylic acids is 1. The molecular formula is C2HCl4NO. The highest BCUT2D eigenvalue weighted by Crippen LogP contribution is 2.25. The van der Waals surface area contributed by atoms with Gasteiger partial charge in [-0.05, 0) is 0 Å². The van der Waals surface area contributed by atoms with Gasteiger partial charge in [0.25, 0.3) is 9.70 Å². The lowest BCUT2D eigenvalue weighted by molar-refractivity contribution is -0.118. The summed E-state index contributed by atoms with van der Waals surface area (Å²) in [6, 6.07) is 0. The molecule has 0 heterocycles. The highest BCUT2D eigenvalue weighted by Gasteiger charge is 2.29. The van der Waals surface area contributed by atoms with Gasteiger partial charge in [0.1, 0.15) is 0 Å². The summed E-state index contributed by atoms with van der Waals surface area (Å²) < 4.78 is -1.96. The maximum Gasteiger partial charge on any atom is 0.286 e. The third kappa shape index (κ3) is 2.82. The molecule has 0 fully saturated rings. The van der Waals surface area contributed by atoms with Crippen LogP contribution in [0.1, 0.15) is 0 Å². The van der Waals surface area contributed by atoms with Crippen LogP contribution < -0.4 is 4.84 Å². The number of nitrogens with one attached hydrogen (secondary N) is 1. The summed E-state index contributed by atoms with van der Waals surface area (Å²) in [5.41, 5.74) is 0. The molecule has 0 aromatic rings. The van der Waals surface area contributed by atoms with Crippen LogP contribution in [0.25, 0.3) is 0 Å². The Balaban J connectivity index is 3.82. The highest BCUT2D eigenvalue weighted by atomic mass is 35.6. The molecule has 1 amide bonds. The molecular weight excluding hydrogens is 196 g/mol. The molecule has 0 saturated carbocycles. The van der Waals surface area contributed by atoms with E-state index in [9.17, 15) is 4.79 Å². The van der Waals surface area contributed by atoms with Gasteiger partial charge in [-0.15, -0.1) is 0 Å². The minimum atomic E-state index is -1.96. The van der Waals surface area contributed by atoms with E-state index < -0.39 is 9.70 Å². The van der Waals surface area contributed by atoms with Gasteiger partial charge in [-0.25, -0.2) is 0 Å². The average molecular weight is 197 g/mol. The topological polar surface area (TPSA) is 29.1 Å². The lowest BCUT2D eigenvalue weighted by atomic mass is 10.7. The van der Waals surface area contributed by atoms with Gasteiger partial charge >= 0.3 is 0 Å². The van der Waals surface area contributed by atoms with Crippen molar-refractivity contribution in [3.8, 4) is 0 Å². The van der Waals surface area contributed by atoms with E-state index in [-0.39, 0.29) is 0 Å². The molecule has 0 aromatic heterocycles. The Morgan fingerprint density at radius 2 is 1.75 bits per heavy atom. The summed E-state index contributed by atoms with van der Waals surface area (Å²) in [4.78, 5) is 11.8. The number of carbonyl (C=O) groups is 1. The van der Waals surface area contributed by atoms with Crippen LogP contribution >= 0.6 is 46.6 Å². The molecule has 0 aliphatic heterocycles. The minimum Gasteiger partial charge on any atom is -0.269 e. The first kappa shape index (κ1) is 8.63. The van der Waals surface area contributed by atoms with Crippen LogP contribution in [0.5, 0.6) is 0 Å². The Bertz CT molecular complexity index is 96.7. The van der Waals surface area contributed by atoms with Crippen LogP contribution in [0.3, 0.4) is 0 Å². The lowest BCUT2D eigenvalue weighted by Gasteiger charge is -2.04. The predicted octanol–water partition coefficient (Wildman–Crippen LogP) is 1.63. The normalized spacial score (nSPS) is 11.0. The second-order valence-corrected chi connectivity index (χ2v) is 3.39. The fraction of sp³-hybridized carbons (Fsp3) is 0.500. The van der Waals surface area contributed by atoms with E-state index in [0.717, 1.165) is 0 Å². The summed E-state index contributed by atoms with van der Waals surface area (Å²) in [7, 11) is 0. The van der Waals surface area contributed by atoms with E-state index in [1.54, 1.807) is 4.84 Å². The van der Waals surface area contributed by atoms with Gasteiger partial charge in [-0.1, -0.05) is 34.8 Å². The summed E-state index contributed by atoms with van der Waals surface area (Å²) in [5.74, 6) is -0.857. The third-order valence-electron chi connectivity index (χ3n) is 0.343. The second-order valence-electron chi connectivity index (χ2n) is 0.921. The smallest absolute Gasteiger partial charge is 0.269 e. The zero-order chi connectivity index (χ0) is 6.78. The van der Waals surface area contributed by atoms with Crippen LogP contribution in [0.4, 0.5) is 0 Å². The van der Waals surface area contributed by atoms with Crippen molar-refractivity contribution in [1.82, 2.24) is 4.84 Å². The Morgan fingerprint density at radius 3 is 1.75 bits per heavy atom. The Morgan fingerprint density at radius 1 is 1.38 bits per heavy atom. The van der Waals surface area contributed by atoms with E-state index in [2.05, 4.69) is 0 Å². The van der Waals surface area contributed by atoms with Crippen molar-refractivity contribution >= 4 is 52.5 Å². The lowest BCUT2D eigenvalue weighted by Crippen LogP contribution is -2.27. The summed E-state index contributed by atoms with van der Waals surface area (Å²) in [5, 5.41) is 0. The van der Waals surface area contributed by atoms with Gasteiger partial charge in [0.2, 0.25) is 0 Å². The molecule has 2 nitrogen and oxygen atoms in total. The van der Waals surface area contributed by atoms with E-state index in [1.165, 1.54) is 0 Å². The predicted molar refractivity (Wildman–Crippen MR) is 34.3 cm³/mol. The number of rotatable bonds is 0. The van der Waals surface area contributed by atoms with Gasteiger partial charge in [0.05, 0.1) is 0 Å². The Labute approximate surface area is 66.1 Å². The molecule has 0 rings (SSSR count). The van der Waals surface area contributed by atoms with E-state index in [1.807, 2.05) is 0 Å². The maximum absolute atomic E-state index is 10.2. The largest absolute Gasteiger partial charge is 0.286 e. The zero-order valence-corrected chi connectivity index (χ0v) is 6.44. The second kappa shape index (κ2) is 2.97. The molecule has 0 atom stereocenters. The van der Waals surface area contributed by atoms with Gasteiger partial charge in [0.15, 0.2) is 0 Å². The molecule has 0 unspecified atom stereocenters. The molecule has 8 heavy (non-hydrogen) atoms. The summed E-state index contributed by atoms with van der Waals surface area (Å²) >= 11 is 19.8. The molecule has 0 spiro atoms. The SMILES string of the molecule is O=C(NCl)C(Cl)(Cl)Cl. The van der Waals surface area contributed by atoms with Crippen LogP contribution in [-0.2, 0) is 4.79 Å². The average Bonchev–Trinajstić information content (AvgIpc) is 1.62. The number of hydrogen-bond donors (Lipinski definition) is 1. The van der Waals surface area contributed by atoms with Crippen molar-refractivity contribution < 1.29 is 4.79 Å². The van der Waals surface area contributed by atoms with Crippen LogP contribution in [0.2, 0.25) is 0 Å². The van der Waals surface area contributed by atoms with Crippen LogP contribution in [-0.4, -0.2) is 9.70 Å². The van der Waals surface area contributed by atoms with Gasteiger partial charge < -0.3 is 0 Å². The first-order valence-corrected chi connectivity index (χ1v) is 2.97. The maximum atomic E-state index is 10.2. The van der Waals surface area contributed by atoms with Crippen molar-refractivity contribution in [2.75, 3.05) is 0 Å². The third-order valence-corrected chi connectivity index (χ3v) is 1.03. The first-order chi connectivity index (χ1) is 3.48. The molecule has 0 radical (unpaired) electrons. The first-order valence-electron chi connectivity index (χ1n) is 1.46. The standard InChI is InChI=1S/C2HCl4NO/c3-2(4,5)1(8)7-6/h(H,7,8). The zero-order valence-electron chi connectivity index (χ0n) is 3.42. The van der Waals surface area contributed by atoms with Crippen molar-refractivity contribution in [2.45, 2.75) is 3.79 Å². The Kier molecular flexibility index (Phi) is 3.20. The molecule has 0 aliphatic carbocycles. The molecule has 6 heteroatoms. The van der Waals surface area contributed by atoms with Crippen LogP contribution in [0, 0.1) is 0 Å². The quantitative estimate of drug-likeness (QED) is 0.463.